The summed E-state index contributed by atoms with van der Waals surface area (Å²) in [5.41, 5.74) is -1.24. The van der Waals surface area contributed by atoms with Crippen LogP contribution in [-0.4, -0.2) is 36.0 Å². The Morgan fingerprint density at radius 3 is 2.33 bits per heavy atom. The third kappa shape index (κ3) is 5.24. The molecule has 2 amide bonds. The van der Waals surface area contributed by atoms with Gasteiger partial charge in [-0.2, -0.15) is 22.0 Å². The van der Waals surface area contributed by atoms with Crippen molar-refractivity contribution in [3.05, 3.63) is 42.2 Å². The first-order valence-corrected chi connectivity index (χ1v) is 8.73. The molecule has 0 aromatic heterocycles. The van der Waals surface area contributed by atoms with Gasteiger partial charge in [-0.3, -0.25) is 14.6 Å². The second-order valence-corrected chi connectivity index (χ2v) is 6.33. The van der Waals surface area contributed by atoms with E-state index in [9.17, 15) is 31.5 Å². The minimum Gasteiger partial charge on any atom is -0.426 e. The maximum Gasteiger partial charge on any atom is 0.499 e. The predicted octanol–water partition coefficient (Wildman–Crippen LogP) is 2.77. The van der Waals surface area contributed by atoms with Crippen LogP contribution in [0.15, 0.2) is 41.7 Å². The molecule has 0 spiro atoms. The van der Waals surface area contributed by atoms with Crippen LogP contribution in [0.25, 0.3) is 0 Å². The summed E-state index contributed by atoms with van der Waals surface area (Å²) in [5, 5.41) is 7.85. The molecule has 2 unspecified atom stereocenters. The van der Waals surface area contributed by atoms with Crippen molar-refractivity contribution in [1.82, 2.24) is 16.0 Å². The Morgan fingerprint density at radius 1 is 1.20 bits per heavy atom. The van der Waals surface area contributed by atoms with E-state index in [0.717, 1.165) is 12.1 Å². The fourth-order valence-corrected chi connectivity index (χ4v) is 2.39. The first kappa shape index (κ1) is 23.1. The van der Waals surface area contributed by atoms with Crippen molar-refractivity contribution < 1.29 is 36.3 Å². The standard InChI is InChI=1S/C18H19F5N4O3/c1-3-14(28)27-16(10-24-8-9-25-16)15(29)26-11(2)12-4-6-13(7-5-12)30-18(22,23)17(19,20)21/h4-11,25H,3H2,1-2H3,(H,26,29)(H,27,28). The number of benzene rings is 1. The molecule has 7 nitrogen and oxygen atoms in total. The number of nitrogens with zero attached hydrogens (tertiary/aromatic N) is 1. The number of carbonyl (C=O) groups is 2. The van der Waals surface area contributed by atoms with Crippen LogP contribution in [-0.2, 0) is 9.59 Å². The predicted molar refractivity (Wildman–Crippen MR) is 96.6 cm³/mol. The molecule has 12 heteroatoms. The molecule has 3 N–H and O–H groups in total. The summed E-state index contributed by atoms with van der Waals surface area (Å²) in [5.74, 6) is -1.77. The third-order valence-electron chi connectivity index (χ3n) is 4.06. The Bertz CT molecular complexity index is 839. The molecule has 0 aliphatic carbocycles. The molecule has 30 heavy (non-hydrogen) atoms. The van der Waals surface area contributed by atoms with Gasteiger partial charge in [0, 0.05) is 18.8 Å². The number of ether oxygens (including phenoxy) is 1. The molecule has 2 atom stereocenters. The molecule has 1 aromatic carbocycles. The molecule has 0 saturated carbocycles. The lowest BCUT2D eigenvalue weighted by Crippen LogP contribution is -2.67. The van der Waals surface area contributed by atoms with E-state index in [-0.39, 0.29) is 6.42 Å². The van der Waals surface area contributed by atoms with Crippen molar-refractivity contribution in [2.75, 3.05) is 0 Å². The van der Waals surface area contributed by atoms with E-state index in [4.69, 9.17) is 0 Å². The summed E-state index contributed by atoms with van der Waals surface area (Å²) in [6.45, 7) is 3.16. The maximum atomic E-state index is 13.0. The molecule has 0 radical (unpaired) electrons. The average molecular weight is 434 g/mol. The Kier molecular flexibility index (Phi) is 6.68. The first-order valence-electron chi connectivity index (χ1n) is 8.73. The van der Waals surface area contributed by atoms with E-state index in [1.807, 2.05) is 0 Å². The zero-order valence-corrected chi connectivity index (χ0v) is 15.9. The zero-order valence-electron chi connectivity index (χ0n) is 15.9. The second kappa shape index (κ2) is 8.67. The normalized spacial score (nSPS) is 19.6. The van der Waals surface area contributed by atoms with Crippen LogP contribution in [0.2, 0.25) is 0 Å². The number of alkyl halides is 5. The van der Waals surface area contributed by atoms with Crippen LogP contribution in [0, 0.1) is 0 Å². The summed E-state index contributed by atoms with van der Waals surface area (Å²) in [6, 6.07) is 3.62. The van der Waals surface area contributed by atoms with Gasteiger partial charge in [0.05, 0.1) is 12.3 Å². The average Bonchev–Trinajstić information content (AvgIpc) is 2.67. The maximum absolute atomic E-state index is 13.0. The fourth-order valence-electron chi connectivity index (χ4n) is 2.39. The van der Waals surface area contributed by atoms with Crippen molar-refractivity contribution in [3.63, 3.8) is 0 Å². The van der Waals surface area contributed by atoms with Crippen LogP contribution in [0.5, 0.6) is 5.75 Å². The Labute approximate surface area is 168 Å². The number of hydrogen-bond donors (Lipinski definition) is 3. The van der Waals surface area contributed by atoms with Gasteiger partial charge in [-0.25, -0.2) is 0 Å². The Morgan fingerprint density at radius 2 is 1.83 bits per heavy atom. The zero-order chi connectivity index (χ0) is 22.6. The monoisotopic (exact) mass is 434 g/mol. The number of nitrogens with one attached hydrogen (secondary N) is 3. The number of aliphatic imine (C=N–C) groups is 1. The van der Waals surface area contributed by atoms with E-state index in [1.54, 1.807) is 13.8 Å². The molecule has 0 bridgehead atoms. The number of amides is 2. The van der Waals surface area contributed by atoms with Gasteiger partial charge in [-0.05, 0) is 24.6 Å². The van der Waals surface area contributed by atoms with E-state index >= 15 is 0 Å². The van der Waals surface area contributed by atoms with Crippen LogP contribution in [0.4, 0.5) is 22.0 Å². The van der Waals surface area contributed by atoms with Gasteiger partial charge in [0.25, 0.3) is 5.91 Å². The van der Waals surface area contributed by atoms with E-state index in [2.05, 4.69) is 25.7 Å². The van der Waals surface area contributed by atoms with E-state index in [0.29, 0.717) is 5.56 Å². The molecule has 1 aliphatic heterocycles. The van der Waals surface area contributed by atoms with Crippen molar-refractivity contribution in [1.29, 1.82) is 0 Å². The molecule has 1 aromatic rings. The summed E-state index contributed by atoms with van der Waals surface area (Å²) >= 11 is 0. The van der Waals surface area contributed by atoms with Crippen LogP contribution in [0.1, 0.15) is 31.9 Å². The van der Waals surface area contributed by atoms with Crippen molar-refractivity contribution in [3.8, 4) is 5.75 Å². The summed E-state index contributed by atoms with van der Waals surface area (Å²) in [7, 11) is 0. The largest absolute Gasteiger partial charge is 0.499 e. The fraction of sp³-hybridized carbons (Fsp3) is 0.389. The Balaban J connectivity index is 2.10. The van der Waals surface area contributed by atoms with E-state index < -0.39 is 41.6 Å². The van der Waals surface area contributed by atoms with Crippen molar-refractivity contribution in [2.24, 2.45) is 4.99 Å². The van der Waals surface area contributed by atoms with Gasteiger partial charge < -0.3 is 20.7 Å². The smallest absolute Gasteiger partial charge is 0.426 e. The van der Waals surface area contributed by atoms with Crippen molar-refractivity contribution in [2.45, 2.75) is 44.3 Å². The molecule has 1 aliphatic rings. The second-order valence-electron chi connectivity index (χ2n) is 6.33. The molecule has 0 saturated heterocycles. The highest BCUT2D eigenvalue weighted by atomic mass is 19.4. The summed E-state index contributed by atoms with van der Waals surface area (Å²) in [6.07, 6.45) is -7.12. The SMILES string of the molecule is CCC(=O)NC1(C(=O)NC(C)c2ccc(OC(F)(F)C(F)(F)F)cc2)C=NC=CN1. The molecular formula is C18H19F5N4O3. The highest BCUT2D eigenvalue weighted by molar-refractivity contribution is 6.06. The number of hydrogen-bond acceptors (Lipinski definition) is 5. The molecular weight excluding hydrogens is 415 g/mol. The lowest BCUT2D eigenvalue weighted by Gasteiger charge is -2.32. The minimum atomic E-state index is -5.85. The van der Waals surface area contributed by atoms with Gasteiger partial charge in [0.2, 0.25) is 11.6 Å². The van der Waals surface area contributed by atoms with Crippen LogP contribution < -0.4 is 20.7 Å². The number of rotatable bonds is 7. The third-order valence-corrected chi connectivity index (χ3v) is 4.06. The Hall–Kier alpha value is -3.18. The molecule has 0 fully saturated rings. The van der Waals surface area contributed by atoms with Gasteiger partial charge in [0.15, 0.2) is 0 Å². The topological polar surface area (TPSA) is 91.8 Å². The van der Waals surface area contributed by atoms with E-state index in [1.165, 1.54) is 30.7 Å². The lowest BCUT2D eigenvalue weighted by atomic mass is 10.1. The first-order chi connectivity index (χ1) is 13.9. The quantitative estimate of drug-likeness (QED) is 0.576. The number of halogens is 5. The van der Waals surface area contributed by atoms with Crippen LogP contribution >= 0.6 is 0 Å². The van der Waals surface area contributed by atoms with Gasteiger partial charge in [0.1, 0.15) is 5.75 Å². The van der Waals surface area contributed by atoms with Gasteiger partial charge in [-0.15, -0.1) is 0 Å². The summed E-state index contributed by atoms with van der Waals surface area (Å²) in [4.78, 5) is 28.4. The van der Waals surface area contributed by atoms with Crippen molar-refractivity contribution >= 4 is 18.0 Å². The number of carbonyl (C=O) groups excluding carboxylic acids is 2. The van der Waals surface area contributed by atoms with Crippen LogP contribution in [0.3, 0.4) is 0 Å². The summed E-state index contributed by atoms with van der Waals surface area (Å²) < 4.78 is 66.3. The lowest BCUT2D eigenvalue weighted by molar-refractivity contribution is -0.360. The van der Waals surface area contributed by atoms with Gasteiger partial charge in [-0.1, -0.05) is 19.1 Å². The molecule has 1 heterocycles. The van der Waals surface area contributed by atoms with Gasteiger partial charge >= 0.3 is 12.3 Å². The molecule has 164 valence electrons. The highest BCUT2D eigenvalue weighted by Gasteiger charge is 2.61. The highest BCUT2D eigenvalue weighted by Crippen LogP contribution is 2.37. The molecule has 2 rings (SSSR count). The minimum absolute atomic E-state index is 0.119.